The zero-order valence-corrected chi connectivity index (χ0v) is 13.7. The molecule has 0 fully saturated rings. The second kappa shape index (κ2) is 7.17. The van der Waals surface area contributed by atoms with Crippen LogP contribution in [0.4, 0.5) is 11.4 Å². The van der Waals surface area contributed by atoms with Gasteiger partial charge in [-0.25, -0.2) is 4.98 Å². The van der Waals surface area contributed by atoms with Gasteiger partial charge in [-0.05, 0) is 31.5 Å². The van der Waals surface area contributed by atoms with Gasteiger partial charge in [0.25, 0.3) is 0 Å². The lowest BCUT2D eigenvalue weighted by molar-refractivity contribution is -0.116. The average molecular weight is 317 g/mol. The molecule has 0 atom stereocenters. The molecule has 0 aliphatic heterocycles. The monoisotopic (exact) mass is 317 g/mol. The number of carbonyl (C=O) groups excluding carboxylic acids is 2. The summed E-state index contributed by atoms with van der Waals surface area (Å²) < 4.78 is 0. The van der Waals surface area contributed by atoms with E-state index in [2.05, 4.69) is 15.6 Å². The summed E-state index contributed by atoms with van der Waals surface area (Å²) in [6, 6.07) is 5.46. The third-order valence-corrected chi connectivity index (χ3v) is 3.95. The first kappa shape index (κ1) is 16.2. The number of aromatic nitrogens is 1. The van der Waals surface area contributed by atoms with Crippen LogP contribution in [0.2, 0.25) is 0 Å². The number of amides is 2. The average Bonchev–Trinajstić information content (AvgIpc) is 2.87. The highest BCUT2D eigenvalue weighted by Crippen LogP contribution is 2.21. The van der Waals surface area contributed by atoms with Gasteiger partial charge in [-0.2, -0.15) is 0 Å². The number of carbonyl (C=O) groups is 2. The molecular formula is C16H19N3O2S. The van der Waals surface area contributed by atoms with Crippen molar-refractivity contribution in [2.24, 2.45) is 0 Å². The fourth-order valence-corrected chi connectivity index (χ4v) is 2.54. The molecule has 2 aromatic rings. The molecule has 2 N–H and O–H groups in total. The van der Waals surface area contributed by atoms with Crippen molar-refractivity contribution in [3.63, 3.8) is 0 Å². The molecule has 116 valence electrons. The van der Waals surface area contributed by atoms with E-state index >= 15 is 0 Å². The summed E-state index contributed by atoms with van der Waals surface area (Å²) in [6.07, 6.45) is 0.661. The summed E-state index contributed by atoms with van der Waals surface area (Å²) in [4.78, 5) is 27.8. The first-order valence-electron chi connectivity index (χ1n) is 7.09. The molecule has 1 heterocycles. The van der Waals surface area contributed by atoms with Gasteiger partial charge >= 0.3 is 0 Å². The summed E-state index contributed by atoms with van der Waals surface area (Å²) >= 11 is 1.53. The third-order valence-electron chi connectivity index (χ3n) is 3.12. The van der Waals surface area contributed by atoms with E-state index in [0.29, 0.717) is 17.8 Å². The number of benzene rings is 1. The number of hydrogen-bond donors (Lipinski definition) is 2. The van der Waals surface area contributed by atoms with Gasteiger partial charge in [0.05, 0.1) is 17.1 Å². The van der Waals surface area contributed by atoms with Crippen molar-refractivity contribution >= 4 is 34.5 Å². The lowest BCUT2D eigenvalue weighted by Crippen LogP contribution is -2.16. The zero-order chi connectivity index (χ0) is 16.1. The zero-order valence-electron chi connectivity index (χ0n) is 12.9. The number of aryl methyl sites for hydroxylation is 2. The smallest absolute Gasteiger partial charge is 0.230 e. The first-order valence-corrected chi connectivity index (χ1v) is 7.97. The minimum absolute atomic E-state index is 0.0564. The van der Waals surface area contributed by atoms with Crippen molar-refractivity contribution < 1.29 is 9.59 Å². The normalized spacial score (nSPS) is 10.3. The van der Waals surface area contributed by atoms with E-state index in [1.165, 1.54) is 11.3 Å². The van der Waals surface area contributed by atoms with E-state index in [-0.39, 0.29) is 18.2 Å². The fraction of sp³-hybridized carbons (Fsp3) is 0.312. The summed E-state index contributed by atoms with van der Waals surface area (Å²) in [6.45, 7) is 5.62. The summed E-state index contributed by atoms with van der Waals surface area (Å²) in [7, 11) is 0. The topological polar surface area (TPSA) is 71.1 Å². The molecule has 0 bridgehead atoms. The van der Waals surface area contributed by atoms with Crippen molar-refractivity contribution in [1.29, 1.82) is 0 Å². The number of anilines is 2. The van der Waals surface area contributed by atoms with Gasteiger partial charge < -0.3 is 10.6 Å². The molecule has 0 spiro atoms. The minimum atomic E-state index is -0.118. The van der Waals surface area contributed by atoms with E-state index in [9.17, 15) is 9.59 Å². The second-order valence-corrected chi connectivity index (χ2v) is 6.08. The van der Waals surface area contributed by atoms with Crippen LogP contribution in [0, 0.1) is 13.8 Å². The Morgan fingerprint density at radius 2 is 1.95 bits per heavy atom. The predicted octanol–water partition coefficient (Wildman–Crippen LogP) is 3.29. The maximum absolute atomic E-state index is 12.1. The summed E-state index contributed by atoms with van der Waals surface area (Å²) in [5, 5.41) is 8.49. The number of hydrogen-bond acceptors (Lipinski definition) is 4. The molecule has 0 aliphatic carbocycles. The second-order valence-electron chi connectivity index (χ2n) is 5.01. The van der Waals surface area contributed by atoms with E-state index in [1.807, 2.05) is 31.4 Å². The largest absolute Gasteiger partial charge is 0.326 e. The Bertz CT molecular complexity index is 694. The van der Waals surface area contributed by atoms with Crippen LogP contribution in [0.5, 0.6) is 0 Å². The molecule has 1 aromatic heterocycles. The molecule has 0 unspecified atom stereocenters. The number of nitrogens with zero attached hydrogens (tertiary/aromatic N) is 1. The van der Waals surface area contributed by atoms with Crippen molar-refractivity contribution in [1.82, 2.24) is 4.98 Å². The Labute approximate surface area is 133 Å². The standard InChI is InChI=1S/C16H19N3O2S/c1-4-15(20)18-12-6-5-10(2)14(7-12)19-16(21)8-13-9-22-11(3)17-13/h5-7,9H,4,8H2,1-3H3,(H,18,20)(H,19,21). The number of nitrogens with one attached hydrogen (secondary N) is 2. The highest BCUT2D eigenvalue weighted by molar-refractivity contribution is 7.09. The quantitative estimate of drug-likeness (QED) is 0.889. The summed E-state index contributed by atoms with van der Waals surface area (Å²) in [5.74, 6) is -0.175. The minimum Gasteiger partial charge on any atom is -0.326 e. The van der Waals surface area contributed by atoms with Gasteiger partial charge in [0.2, 0.25) is 11.8 Å². The lowest BCUT2D eigenvalue weighted by Gasteiger charge is -2.11. The van der Waals surface area contributed by atoms with Crippen molar-refractivity contribution in [2.75, 3.05) is 10.6 Å². The molecule has 6 heteroatoms. The van der Waals surface area contributed by atoms with E-state index in [4.69, 9.17) is 0 Å². The van der Waals surface area contributed by atoms with Gasteiger partial charge in [0, 0.05) is 23.2 Å². The van der Waals surface area contributed by atoms with E-state index < -0.39 is 0 Å². The van der Waals surface area contributed by atoms with E-state index in [1.54, 1.807) is 13.0 Å². The van der Waals surface area contributed by atoms with Gasteiger partial charge in [-0.1, -0.05) is 13.0 Å². The van der Waals surface area contributed by atoms with Crippen LogP contribution in [-0.4, -0.2) is 16.8 Å². The van der Waals surface area contributed by atoms with Gasteiger partial charge in [-0.3, -0.25) is 9.59 Å². The Morgan fingerprint density at radius 1 is 1.18 bits per heavy atom. The molecule has 2 amide bonds. The van der Waals surface area contributed by atoms with Crippen LogP contribution in [0.3, 0.4) is 0 Å². The fourth-order valence-electron chi connectivity index (χ4n) is 1.93. The molecular weight excluding hydrogens is 298 g/mol. The van der Waals surface area contributed by atoms with Crippen LogP contribution in [0.1, 0.15) is 29.6 Å². The molecule has 22 heavy (non-hydrogen) atoms. The molecule has 2 rings (SSSR count). The first-order chi connectivity index (χ1) is 10.5. The highest BCUT2D eigenvalue weighted by Gasteiger charge is 2.09. The Hall–Kier alpha value is -2.21. The molecule has 5 nitrogen and oxygen atoms in total. The Kier molecular flexibility index (Phi) is 5.27. The van der Waals surface area contributed by atoms with Crippen molar-refractivity contribution in [3.8, 4) is 0 Å². The van der Waals surface area contributed by atoms with Crippen molar-refractivity contribution in [2.45, 2.75) is 33.6 Å². The Balaban J connectivity index is 2.06. The SMILES string of the molecule is CCC(=O)Nc1ccc(C)c(NC(=O)Cc2csc(C)n2)c1. The summed E-state index contributed by atoms with van der Waals surface area (Å²) in [5.41, 5.74) is 3.09. The molecule has 0 radical (unpaired) electrons. The lowest BCUT2D eigenvalue weighted by atomic mass is 10.1. The molecule has 0 saturated carbocycles. The molecule has 0 saturated heterocycles. The van der Waals surface area contributed by atoms with Crippen LogP contribution >= 0.6 is 11.3 Å². The maximum atomic E-state index is 12.1. The van der Waals surface area contributed by atoms with Crippen LogP contribution in [-0.2, 0) is 16.0 Å². The highest BCUT2D eigenvalue weighted by atomic mass is 32.1. The van der Waals surface area contributed by atoms with Gasteiger partial charge in [0.15, 0.2) is 0 Å². The number of thiazole rings is 1. The predicted molar refractivity (Wildman–Crippen MR) is 89.3 cm³/mol. The third kappa shape index (κ3) is 4.39. The Morgan fingerprint density at radius 3 is 2.59 bits per heavy atom. The van der Waals surface area contributed by atoms with Crippen LogP contribution in [0.15, 0.2) is 23.6 Å². The van der Waals surface area contributed by atoms with Crippen LogP contribution in [0.25, 0.3) is 0 Å². The van der Waals surface area contributed by atoms with E-state index in [0.717, 1.165) is 16.3 Å². The van der Waals surface area contributed by atoms with Crippen LogP contribution < -0.4 is 10.6 Å². The molecule has 0 aliphatic rings. The number of rotatable bonds is 5. The molecule has 1 aromatic carbocycles. The van der Waals surface area contributed by atoms with Gasteiger partial charge in [0.1, 0.15) is 0 Å². The van der Waals surface area contributed by atoms with Crippen molar-refractivity contribution in [3.05, 3.63) is 39.8 Å². The van der Waals surface area contributed by atoms with Gasteiger partial charge in [-0.15, -0.1) is 11.3 Å². The maximum Gasteiger partial charge on any atom is 0.230 e.